The largest absolute Gasteiger partial charge is 0.338 e. The first-order valence-corrected chi connectivity index (χ1v) is 8.05. The Hall–Kier alpha value is -1.80. The normalized spacial score (nSPS) is 15.0. The van der Waals surface area contributed by atoms with Crippen molar-refractivity contribution in [3.8, 4) is 0 Å². The van der Waals surface area contributed by atoms with Crippen molar-refractivity contribution in [2.24, 2.45) is 0 Å². The molecule has 2 heteroatoms. The van der Waals surface area contributed by atoms with Gasteiger partial charge in [-0.1, -0.05) is 50.2 Å². The molecule has 1 saturated heterocycles. The highest BCUT2D eigenvalue weighted by Crippen LogP contribution is 2.30. The van der Waals surface area contributed by atoms with Crippen molar-refractivity contribution < 1.29 is 0 Å². The summed E-state index contributed by atoms with van der Waals surface area (Å²) in [6.07, 6.45) is 2.40. The lowest BCUT2D eigenvalue weighted by Gasteiger charge is -2.36. The van der Waals surface area contributed by atoms with E-state index in [1.54, 1.807) is 0 Å². The average Bonchev–Trinajstić information content (AvgIpc) is 2.60. The Kier molecular flexibility index (Phi) is 6.29. The zero-order chi connectivity index (χ0) is 14.9. The highest BCUT2D eigenvalue weighted by atomic mass is 15.2. The molecule has 1 N–H and O–H groups in total. The van der Waals surface area contributed by atoms with Crippen LogP contribution in [0.3, 0.4) is 0 Å². The topological polar surface area (TPSA) is 15.3 Å². The van der Waals surface area contributed by atoms with Crippen molar-refractivity contribution >= 4 is 11.4 Å². The van der Waals surface area contributed by atoms with Gasteiger partial charge in [0.2, 0.25) is 0 Å². The number of nitrogens with one attached hydrogen (secondary N) is 1. The molecule has 0 aliphatic carbocycles. The maximum Gasteiger partial charge on any atom is 0.0413 e. The van der Waals surface area contributed by atoms with Crippen LogP contribution in [0.2, 0.25) is 0 Å². The summed E-state index contributed by atoms with van der Waals surface area (Å²) >= 11 is 0. The molecule has 0 unspecified atom stereocenters. The molecule has 0 radical (unpaired) electrons. The summed E-state index contributed by atoms with van der Waals surface area (Å²) in [5, 5.41) is 3.45. The second-order valence-electron chi connectivity index (χ2n) is 5.02. The zero-order valence-corrected chi connectivity index (χ0v) is 13.1. The van der Waals surface area contributed by atoms with E-state index in [0.29, 0.717) is 6.04 Å². The Labute approximate surface area is 128 Å². The van der Waals surface area contributed by atoms with Crippen LogP contribution in [0.5, 0.6) is 0 Å². The summed E-state index contributed by atoms with van der Waals surface area (Å²) in [5.41, 5.74) is 2.58. The van der Waals surface area contributed by atoms with Crippen molar-refractivity contribution in [1.82, 2.24) is 5.32 Å². The van der Waals surface area contributed by atoms with Crippen LogP contribution in [0, 0.1) is 0 Å². The second-order valence-corrected chi connectivity index (χ2v) is 5.02. The fourth-order valence-electron chi connectivity index (χ4n) is 2.81. The molecule has 1 heterocycles. The number of nitrogens with zero attached hydrogens (tertiary/aromatic N) is 1. The molecule has 0 spiro atoms. The number of hydrogen-bond acceptors (Lipinski definition) is 2. The Bertz CT molecular complexity index is 450. The molecule has 0 amide bonds. The summed E-state index contributed by atoms with van der Waals surface area (Å²) in [4.78, 5) is 2.49. The fraction of sp³-hybridized carbons (Fsp3) is 0.368. The summed E-state index contributed by atoms with van der Waals surface area (Å²) < 4.78 is 0. The Morgan fingerprint density at radius 1 is 0.762 bits per heavy atom. The van der Waals surface area contributed by atoms with E-state index in [2.05, 4.69) is 70.9 Å². The predicted molar refractivity (Wildman–Crippen MR) is 92.3 cm³/mol. The SMILES string of the molecule is CC.c1ccc(N(c2ccccc2)C2CCNCC2)cc1. The van der Waals surface area contributed by atoms with Gasteiger partial charge in [-0.2, -0.15) is 0 Å². The molecule has 2 aromatic carbocycles. The monoisotopic (exact) mass is 282 g/mol. The van der Waals surface area contributed by atoms with Gasteiger partial charge in [-0.15, -0.1) is 0 Å². The third-order valence-electron chi connectivity index (χ3n) is 3.74. The highest BCUT2D eigenvalue weighted by molar-refractivity contribution is 5.64. The summed E-state index contributed by atoms with van der Waals surface area (Å²) in [6, 6.07) is 22.0. The lowest BCUT2D eigenvalue weighted by atomic mass is 10.0. The molecule has 1 aliphatic heterocycles. The lowest BCUT2D eigenvalue weighted by molar-refractivity contribution is 0.452. The maximum atomic E-state index is 3.45. The van der Waals surface area contributed by atoms with Crippen molar-refractivity contribution in [2.75, 3.05) is 18.0 Å². The van der Waals surface area contributed by atoms with E-state index in [1.165, 1.54) is 24.2 Å². The molecule has 2 nitrogen and oxygen atoms in total. The van der Waals surface area contributed by atoms with E-state index in [9.17, 15) is 0 Å². The quantitative estimate of drug-likeness (QED) is 0.885. The molecule has 112 valence electrons. The molecule has 3 rings (SSSR count). The van der Waals surface area contributed by atoms with E-state index in [0.717, 1.165) is 13.1 Å². The smallest absolute Gasteiger partial charge is 0.0413 e. The van der Waals surface area contributed by atoms with Crippen molar-refractivity contribution in [3.63, 3.8) is 0 Å². The minimum atomic E-state index is 0.589. The van der Waals surface area contributed by atoms with Crippen LogP contribution in [-0.4, -0.2) is 19.1 Å². The van der Waals surface area contributed by atoms with Gasteiger partial charge in [0.1, 0.15) is 0 Å². The van der Waals surface area contributed by atoms with Crippen LogP contribution in [0.25, 0.3) is 0 Å². The van der Waals surface area contributed by atoms with Crippen LogP contribution < -0.4 is 10.2 Å². The minimum Gasteiger partial charge on any atom is -0.338 e. The van der Waals surface area contributed by atoms with E-state index in [-0.39, 0.29) is 0 Å². The van der Waals surface area contributed by atoms with E-state index >= 15 is 0 Å². The molecule has 0 saturated carbocycles. The molecule has 1 fully saturated rings. The van der Waals surface area contributed by atoms with Crippen LogP contribution in [0.15, 0.2) is 60.7 Å². The van der Waals surface area contributed by atoms with E-state index < -0.39 is 0 Å². The Morgan fingerprint density at radius 2 is 1.19 bits per heavy atom. The third-order valence-corrected chi connectivity index (χ3v) is 3.74. The highest BCUT2D eigenvalue weighted by Gasteiger charge is 2.22. The number of rotatable bonds is 3. The average molecular weight is 282 g/mol. The van der Waals surface area contributed by atoms with Gasteiger partial charge in [0.05, 0.1) is 0 Å². The molecule has 0 bridgehead atoms. The van der Waals surface area contributed by atoms with Crippen LogP contribution in [-0.2, 0) is 0 Å². The first kappa shape index (κ1) is 15.6. The van der Waals surface area contributed by atoms with Crippen LogP contribution in [0.1, 0.15) is 26.7 Å². The molecule has 2 aromatic rings. The number of benzene rings is 2. The van der Waals surface area contributed by atoms with Gasteiger partial charge in [-0.25, -0.2) is 0 Å². The summed E-state index contributed by atoms with van der Waals surface area (Å²) in [5.74, 6) is 0. The van der Waals surface area contributed by atoms with E-state index in [1.807, 2.05) is 13.8 Å². The van der Waals surface area contributed by atoms with Crippen LogP contribution >= 0.6 is 0 Å². The van der Waals surface area contributed by atoms with Crippen molar-refractivity contribution in [1.29, 1.82) is 0 Å². The fourth-order valence-corrected chi connectivity index (χ4v) is 2.81. The number of anilines is 2. The van der Waals surface area contributed by atoms with Crippen molar-refractivity contribution in [2.45, 2.75) is 32.7 Å². The number of piperidine rings is 1. The van der Waals surface area contributed by atoms with Gasteiger partial charge < -0.3 is 10.2 Å². The lowest BCUT2D eigenvalue weighted by Crippen LogP contribution is -2.40. The Balaban J connectivity index is 0.000000774. The van der Waals surface area contributed by atoms with E-state index in [4.69, 9.17) is 0 Å². The second kappa shape index (κ2) is 8.48. The van der Waals surface area contributed by atoms with Gasteiger partial charge >= 0.3 is 0 Å². The van der Waals surface area contributed by atoms with Gasteiger partial charge in [0, 0.05) is 17.4 Å². The van der Waals surface area contributed by atoms with Gasteiger partial charge in [-0.3, -0.25) is 0 Å². The standard InChI is InChI=1S/C17H20N2.C2H6/c1-3-7-15(8-4-1)19(16-9-5-2-6-10-16)17-11-13-18-14-12-17;1-2/h1-10,17-18H,11-14H2;1-2H3. The Morgan fingerprint density at radius 3 is 1.62 bits per heavy atom. The van der Waals surface area contributed by atoms with Gasteiger partial charge in [-0.05, 0) is 50.2 Å². The summed E-state index contributed by atoms with van der Waals surface area (Å²) in [7, 11) is 0. The van der Waals surface area contributed by atoms with Gasteiger partial charge in [0.25, 0.3) is 0 Å². The maximum absolute atomic E-state index is 3.45. The third kappa shape index (κ3) is 4.08. The number of hydrogen-bond donors (Lipinski definition) is 1. The molecular weight excluding hydrogens is 256 g/mol. The first-order chi connectivity index (χ1) is 10.4. The van der Waals surface area contributed by atoms with Crippen molar-refractivity contribution in [3.05, 3.63) is 60.7 Å². The first-order valence-electron chi connectivity index (χ1n) is 8.05. The van der Waals surface area contributed by atoms with Crippen LogP contribution in [0.4, 0.5) is 11.4 Å². The predicted octanol–water partition coefficient (Wildman–Crippen LogP) is 4.60. The molecular formula is C19H26N2. The van der Waals surface area contributed by atoms with Gasteiger partial charge in [0.15, 0.2) is 0 Å². The molecule has 21 heavy (non-hydrogen) atoms. The molecule has 0 aromatic heterocycles. The zero-order valence-electron chi connectivity index (χ0n) is 13.1. The summed E-state index contributed by atoms with van der Waals surface area (Å²) in [6.45, 7) is 6.22. The number of para-hydroxylation sites is 2. The molecule has 0 atom stereocenters. The molecule has 1 aliphatic rings. The minimum absolute atomic E-state index is 0.589.